The second-order valence-corrected chi connectivity index (χ2v) is 5.58. The minimum absolute atomic E-state index is 0.241. The normalized spacial score (nSPS) is 23.8. The number of hydrogen-bond donors (Lipinski definition) is 1. The quantitative estimate of drug-likeness (QED) is 0.883. The van der Waals surface area contributed by atoms with Gasteiger partial charge in [0.05, 0.1) is 6.33 Å². The van der Waals surface area contributed by atoms with Crippen molar-refractivity contribution in [2.24, 2.45) is 0 Å². The fraction of sp³-hybridized carbons (Fsp3) is 0.714. The lowest BCUT2D eigenvalue weighted by Gasteiger charge is -2.27. The summed E-state index contributed by atoms with van der Waals surface area (Å²) >= 11 is 0. The summed E-state index contributed by atoms with van der Waals surface area (Å²) in [7, 11) is 0. The molecule has 104 valence electrons. The highest BCUT2D eigenvalue weighted by Gasteiger charge is 2.22. The second-order valence-electron chi connectivity index (χ2n) is 5.58. The summed E-state index contributed by atoms with van der Waals surface area (Å²) in [6.07, 6.45) is 8.41. The number of rotatable bonds is 3. The van der Waals surface area contributed by atoms with Crippen molar-refractivity contribution in [3.05, 3.63) is 18.2 Å². The van der Waals surface area contributed by atoms with Crippen LogP contribution >= 0.6 is 0 Å². The average Bonchev–Trinajstić information content (AvgIpc) is 3.10. The molecule has 2 aliphatic heterocycles. The van der Waals surface area contributed by atoms with Crippen LogP contribution in [0.2, 0.25) is 0 Å². The Kier molecular flexibility index (Phi) is 3.82. The molecule has 0 aliphatic carbocycles. The standard InChI is InChI=1S/C14H22N4O/c19-14(17-6-2-1-3-7-17)10-18-11-16-9-13(18)12-4-5-15-8-12/h9,11-12,15H,1-8,10H2. The van der Waals surface area contributed by atoms with Crippen molar-refractivity contribution in [3.8, 4) is 0 Å². The Bertz CT molecular complexity index is 430. The monoisotopic (exact) mass is 262 g/mol. The number of likely N-dealkylation sites (tertiary alicyclic amines) is 1. The molecule has 1 amide bonds. The van der Waals surface area contributed by atoms with Crippen LogP contribution in [0.4, 0.5) is 0 Å². The zero-order valence-electron chi connectivity index (χ0n) is 11.3. The van der Waals surface area contributed by atoms with Crippen LogP contribution in [0.5, 0.6) is 0 Å². The van der Waals surface area contributed by atoms with E-state index in [9.17, 15) is 4.79 Å². The zero-order valence-corrected chi connectivity index (χ0v) is 11.3. The molecular formula is C14H22N4O. The highest BCUT2D eigenvalue weighted by Crippen LogP contribution is 2.22. The van der Waals surface area contributed by atoms with Gasteiger partial charge in [-0.3, -0.25) is 4.79 Å². The first-order chi connectivity index (χ1) is 9.34. The predicted molar refractivity (Wildman–Crippen MR) is 72.9 cm³/mol. The van der Waals surface area contributed by atoms with Gasteiger partial charge < -0.3 is 14.8 Å². The van der Waals surface area contributed by atoms with Gasteiger partial charge >= 0.3 is 0 Å². The first-order valence-corrected chi connectivity index (χ1v) is 7.33. The van der Waals surface area contributed by atoms with Crippen molar-refractivity contribution in [2.75, 3.05) is 26.2 Å². The molecule has 3 heterocycles. The SMILES string of the molecule is O=C(Cn1cncc1C1CCNC1)N1CCCCC1. The summed E-state index contributed by atoms with van der Waals surface area (Å²) in [6.45, 7) is 4.37. The van der Waals surface area contributed by atoms with E-state index in [0.717, 1.165) is 45.4 Å². The third kappa shape index (κ3) is 2.81. The van der Waals surface area contributed by atoms with Crippen LogP contribution in [0.1, 0.15) is 37.3 Å². The van der Waals surface area contributed by atoms with Crippen molar-refractivity contribution in [1.82, 2.24) is 19.8 Å². The smallest absolute Gasteiger partial charge is 0.242 e. The van der Waals surface area contributed by atoms with E-state index >= 15 is 0 Å². The van der Waals surface area contributed by atoms with E-state index < -0.39 is 0 Å². The van der Waals surface area contributed by atoms with E-state index in [1.54, 1.807) is 6.33 Å². The van der Waals surface area contributed by atoms with Crippen molar-refractivity contribution >= 4 is 5.91 Å². The molecule has 2 saturated heterocycles. The molecule has 2 aliphatic rings. The second kappa shape index (κ2) is 5.74. The van der Waals surface area contributed by atoms with Gasteiger partial charge in [0.1, 0.15) is 6.54 Å². The Morgan fingerprint density at radius 2 is 2.21 bits per heavy atom. The van der Waals surface area contributed by atoms with Crippen LogP contribution in [0.15, 0.2) is 12.5 Å². The lowest BCUT2D eigenvalue weighted by Crippen LogP contribution is -2.38. The number of aromatic nitrogens is 2. The summed E-state index contributed by atoms with van der Waals surface area (Å²) in [5.74, 6) is 0.751. The highest BCUT2D eigenvalue weighted by atomic mass is 16.2. The number of imidazole rings is 1. The van der Waals surface area contributed by atoms with E-state index in [4.69, 9.17) is 0 Å². The molecule has 1 unspecified atom stereocenters. The summed E-state index contributed by atoms with van der Waals surface area (Å²) in [5.41, 5.74) is 1.20. The fourth-order valence-corrected chi connectivity index (χ4v) is 3.10. The van der Waals surface area contributed by atoms with Crippen LogP contribution in [-0.4, -0.2) is 46.5 Å². The van der Waals surface area contributed by atoms with Gasteiger partial charge in [0.25, 0.3) is 0 Å². The average molecular weight is 262 g/mol. The van der Waals surface area contributed by atoms with Gasteiger partial charge in [-0.2, -0.15) is 0 Å². The van der Waals surface area contributed by atoms with Gasteiger partial charge in [-0.15, -0.1) is 0 Å². The molecule has 0 radical (unpaired) electrons. The Balaban J connectivity index is 1.65. The number of nitrogens with one attached hydrogen (secondary N) is 1. The van der Waals surface area contributed by atoms with Gasteiger partial charge in [0, 0.05) is 37.4 Å². The van der Waals surface area contributed by atoms with Crippen molar-refractivity contribution < 1.29 is 4.79 Å². The molecule has 2 fully saturated rings. The molecular weight excluding hydrogens is 240 g/mol. The summed E-state index contributed by atoms with van der Waals surface area (Å²) in [6, 6.07) is 0. The van der Waals surface area contributed by atoms with E-state index in [1.165, 1.54) is 12.1 Å². The molecule has 3 rings (SSSR count). The molecule has 1 atom stereocenters. The third-order valence-electron chi connectivity index (χ3n) is 4.24. The van der Waals surface area contributed by atoms with Gasteiger partial charge in [-0.25, -0.2) is 4.98 Å². The van der Waals surface area contributed by atoms with Crippen LogP contribution < -0.4 is 5.32 Å². The zero-order chi connectivity index (χ0) is 13.1. The van der Waals surface area contributed by atoms with Crippen molar-refractivity contribution in [2.45, 2.75) is 38.1 Å². The van der Waals surface area contributed by atoms with E-state index in [0.29, 0.717) is 12.5 Å². The summed E-state index contributed by atoms with van der Waals surface area (Å²) in [5, 5.41) is 3.37. The summed E-state index contributed by atoms with van der Waals surface area (Å²) < 4.78 is 2.04. The maximum atomic E-state index is 12.3. The van der Waals surface area contributed by atoms with Crippen molar-refractivity contribution in [1.29, 1.82) is 0 Å². The lowest BCUT2D eigenvalue weighted by molar-refractivity contribution is -0.132. The van der Waals surface area contributed by atoms with Gasteiger partial charge in [0.2, 0.25) is 5.91 Å². The lowest BCUT2D eigenvalue weighted by atomic mass is 10.1. The fourth-order valence-electron chi connectivity index (χ4n) is 3.10. The molecule has 5 heteroatoms. The van der Waals surface area contributed by atoms with E-state index in [2.05, 4.69) is 10.3 Å². The number of amides is 1. The Hall–Kier alpha value is -1.36. The molecule has 0 bridgehead atoms. The molecule has 0 saturated carbocycles. The highest BCUT2D eigenvalue weighted by molar-refractivity contribution is 5.76. The van der Waals surface area contributed by atoms with E-state index in [-0.39, 0.29) is 5.91 Å². The van der Waals surface area contributed by atoms with E-state index in [1.807, 2.05) is 15.7 Å². The molecule has 0 spiro atoms. The molecule has 0 aromatic carbocycles. The number of nitrogens with zero attached hydrogens (tertiary/aromatic N) is 3. The minimum Gasteiger partial charge on any atom is -0.341 e. The van der Waals surface area contributed by atoms with Gasteiger partial charge in [-0.05, 0) is 32.2 Å². The number of carbonyl (C=O) groups excluding carboxylic acids is 1. The maximum absolute atomic E-state index is 12.3. The molecule has 1 aromatic rings. The van der Waals surface area contributed by atoms with Gasteiger partial charge in [-0.1, -0.05) is 0 Å². The summed E-state index contributed by atoms with van der Waals surface area (Å²) in [4.78, 5) is 18.5. The van der Waals surface area contributed by atoms with Crippen LogP contribution in [0.25, 0.3) is 0 Å². The predicted octanol–water partition coefficient (Wildman–Crippen LogP) is 0.972. The number of piperidine rings is 1. The molecule has 19 heavy (non-hydrogen) atoms. The Morgan fingerprint density at radius 3 is 2.95 bits per heavy atom. The minimum atomic E-state index is 0.241. The topological polar surface area (TPSA) is 50.2 Å². The Labute approximate surface area is 114 Å². The number of hydrogen-bond acceptors (Lipinski definition) is 3. The van der Waals surface area contributed by atoms with Crippen LogP contribution in [0.3, 0.4) is 0 Å². The molecule has 1 aromatic heterocycles. The third-order valence-corrected chi connectivity index (χ3v) is 4.24. The Morgan fingerprint density at radius 1 is 1.37 bits per heavy atom. The van der Waals surface area contributed by atoms with Crippen LogP contribution in [-0.2, 0) is 11.3 Å². The van der Waals surface area contributed by atoms with Crippen molar-refractivity contribution in [3.63, 3.8) is 0 Å². The molecule has 1 N–H and O–H groups in total. The maximum Gasteiger partial charge on any atom is 0.242 e. The van der Waals surface area contributed by atoms with Crippen LogP contribution in [0, 0.1) is 0 Å². The molecule has 5 nitrogen and oxygen atoms in total. The first-order valence-electron chi connectivity index (χ1n) is 7.33. The first kappa shape index (κ1) is 12.7. The largest absolute Gasteiger partial charge is 0.341 e. The van der Waals surface area contributed by atoms with Gasteiger partial charge in [0.15, 0.2) is 0 Å². The number of carbonyl (C=O) groups is 1.